The number of hydrogen-bond donors (Lipinski definition) is 0. The molecule has 1 amide bonds. The smallest absolute Gasteiger partial charge is 0.243 e. The normalized spacial score (nSPS) is 19.8. The number of carbonyl (C=O) groups is 1. The summed E-state index contributed by atoms with van der Waals surface area (Å²) < 4.78 is 28.0. The fraction of sp³-hybridized carbons (Fsp3) is 0.409. The molecular formula is C22H26ClN3O3S. The van der Waals surface area contributed by atoms with Crippen molar-refractivity contribution in [2.45, 2.75) is 37.6 Å². The molecule has 0 aliphatic carbocycles. The molecule has 2 aliphatic rings. The molecule has 0 bridgehead atoms. The first-order valence-electron chi connectivity index (χ1n) is 10.3. The van der Waals surface area contributed by atoms with E-state index in [1.54, 1.807) is 23.1 Å². The number of benzene rings is 2. The first-order valence-corrected chi connectivity index (χ1v) is 12.1. The quantitative estimate of drug-likeness (QED) is 0.719. The number of halogens is 1. The highest BCUT2D eigenvalue weighted by Crippen LogP contribution is 2.35. The average Bonchev–Trinajstić information content (AvgIpc) is 3.08. The van der Waals surface area contributed by atoms with Crippen LogP contribution in [0.5, 0.6) is 0 Å². The molecule has 30 heavy (non-hydrogen) atoms. The van der Waals surface area contributed by atoms with Gasteiger partial charge in [0.25, 0.3) is 0 Å². The third kappa shape index (κ3) is 3.70. The predicted octanol–water partition coefficient (Wildman–Crippen LogP) is 3.54. The Morgan fingerprint density at radius 3 is 2.43 bits per heavy atom. The Labute approximate surface area is 183 Å². The van der Waals surface area contributed by atoms with Crippen LogP contribution < -0.4 is 9.80 Å². The summed E-state index contributed by atoms with van der Waals surface area (Å²) in [5, 5.41) is 0.674. The Morgan fingerprint density at radius 2 is 1.77 bits per heavy atom. The molecule has 2 aromatic rings. The minimum Gasteiger partial charge on any atom is -0.368 e. The van der Waals surface area contributed by atoms with Crippen LogP contribution in [0.3, 0.4) is 0 Å². The number of para-hydroxylation sites is 1. The molecule has 8 heteroatoms. The standard InChI is InChI=1S/C22H26ClN3O3S/c1-3-22(27)26-16(2)14-17-15-18(8-9-20(17)26)30(28,29)25-12-10-24(11-13-25)21-7-5-4-6-19(21)23/h4-9,15-16H,3,10-14H2,1-2H3/t16-/m0/s1. The van der Waals surface area contributed by atoms with Gasteiger partial charge >= 0.3 is 0 Å². The maximum Gasteiger partial charge on any atom is 0.243 e. The number of amides is 1. The van der Waals surface area contributed by atoms with Gasteiger partial charge in [-0.25, -0.2) is 8.42 Å². The molecule has 0 unspecified atom stereocenters. The van der Waals surface area contributed by atoms with E-state index >= 15 is 0 Å². The highest BCUT2D eigenvalue weighted by Gasteiger charge is 2.33. The highest BCUT2D eigenvalue weighted by molar-refractivity contribution is 7.89. The third-order valence-corrected chi connectivity index (χ3v) is 8.12. The molecule has 1 fully saturated rings. The summed E-state index contributed by atoms with van der Waals surface area (Å²) in [6.45, 7) is 5.82. The monoisotopic (exact) mass is 447 g/mol. The number of piperazine rings is 1. The number of carbonyl (C=O) groups excluding carboxylic acids is 1. The summed E-state index contributed by atoms with van der Waals surface area (Å²) in [4.78, 5) is 16.5. The molecular weight excluding hydrogens is 422 g/mol. The van der Waals surface area contributed by atoms with Crippen LogP contribution >= 0.6 is 11.6 Å². The molecule has 0 N–H and O–H groups in total. The van der Waals surface area contributed by atoms with E-state index in [-0.39, 0.29) is 11.9 Å². The van der Waals surface area contributed by atoms with Crippen molar-refractivity contribution in [2.24, 2.45) is 0 Å². The molecule has 2 aliphatic heterocycles. The lowest BCUT2D eigenvalue weighted by molar-refractivity contribution is -0.118. The van der Waals surface area contributed by atoms with Crippen molar-refractivity contribution in [2.75, 3.05) is 36.0 Å². The topological polar surface area (TPSA) is 60.9 Å². The Kier molecular flexibility index (Phi) is 5.79. The summed E-state index contributed by atoms with van der Waals surface area (Å²) in [6, 6.07) is 12.8. The highest BCUT2D eigenvalue weighted by atomic mass is 35.5. The van der Waals surface area contributed by atoms with Gasteiger partial charge < -0.3 is 9.80 Å². The van der Waals surface area contributed by atoms with Crippen molar-refractivity contribution >= 4 is 38.9 Å². The fourth-order valence-corrected chi connectivity index (χ4v) is 6.07. The van der Waals surface area contributed by atoms with Crippen molar-refractivity contribution in [3.63, 3.8) is 0 Å². The number of fused-ring (bicyclic) bond motifs is 1. The second kappa shape index (κ2) is 8.21. The van der Waals surface area contributed by atoms with Crippen molar-refractivity contribution in [1.82, 2.24) is 4.31 Å². The summed E-state index contributed by atoms with van der Waals surface area (Å²) in [7, 11) is -3.59. The van der Waals surface area contributed by atoms with Crippen LogP contribution in [0.1, 0.15) is 25.8 Å². The van der Waals surface area contributed by atoms with Crippen molar-refractivity contribution in [3.8, 4) is 0 Å². The lowest BCUT2D eigenvalue weighted by Gasteiger charge is -2.35. The van der Waals surface area contributed by atoms with Crippen molar-refractivity contribution in [1.29, 1.82) is 0 Å². The number of rotatable bonds is 4. The molecule has 0 radical (unpaired) electrons. The van der Waals surface area contributed by atoms with Gasteiger partial charge in [-0.1, -0.05) is 30.7 Å². The number of hydrogen-bond acceptors (Lipinski definition) is 4. The van der Waals surface area contributed by atoms with Crippen molar-refractivity contribution in [3.05, 3.63) is 53.1 Å². The van der Waals surface area contributed by atoms with E-state index in [0.717, 1.165) is 16.9 Å². The second-order valence-electron chi connectivity index (χ2n) is 7.80. The van der Waals surface area contributed by atoms with E-state index in [9.17, 15) is 13.2 Å². The van der Waals surface area contributed by atoms with Gasteiger partial charge in [-0.3, -0.25) is 4.79 Å². The molecule has 0 saturated carbocycles. The van der Waals surface area contributed by atoms with Crippen LogP contribution in [-0.4, -0.2) is 50.9 Å². The Balaban J connectivity index is 1.52. The zero-order valence-electron chi connectivity index (χ0n) is 17.2. The molecule has 0 aromatic heterocycles. The molecule has 4 rings (SSSR count). The van der Waals surface area contributed by atoms with Gasteiger partial charge in [-0.2, -0.15) is 4.31 Å². The molecule has 160 valence electrons. The minimum atomic E-state index is -3.59. The van der Waals surface area contributed by atoms with E-state index in [2.05, 4.69) is 4.90 Å². The largest absolute Gasteiger partial charge is 0.368 e. The van der Waals surface area contributed by atoms with Gasteiger partial charge in [0.1, 0.15) is 0 Å². The van der Waals surface area contributed by atoms with Gasteiger partial charge in [0.15, 0.2) is 0 Å². The van der Waals surface area contributed by atoms with E-state index in [1.165, 1.54) is 4.31 Å². The SMILES string of the molecule is CCC(=O)N1c2ccc(S(=O)(=O)N3CCN(c4ccccc4Cl)CC3)cc2C[C@@H]1C. The molecule has 0 spiro atoms. The van der Waals surface area contributed by atoms with Crippen molar-refractivity contribution < 1.29 is 13.2 Å². The van der Waals surface area contributed by atoms with Gasteiger partial charge in [-0.05, 0) is 49.2 Å². The molecule has 2 aromatic carbocycles. The van der Waals surface area contributed by atoms with E-state index < -0.39 is 10.0 Å². The third-order valence-electron chi connectivity index (χ3n) is 5.91. The maximum absolute atomic E-state index is 13.3. The van der Waals surface area contributed by atoms with Crippen LogP contribution in [-0.2, 0) is 21.2 Å². The van der Waals surface area contributed by atoms with Crippen LogP contribution in [0.2, 0.25) is 5.02 Å². The summed E-state index contributed by atoms with van der Waals surface area (Å²) in [5.74, 6) is 0.0625. The zero-order chi connectivity index (χ0) is 21.5. The van der Waals surface area contributed by atoms with E-state index in [4.69, 9.17) is 11.6 Å². The number of sulfonamides is 1. The molecule has 2 heterocycles. The van der Waals surface area contributed by atoms with Gasteiger partial charge in [0.2, 0.25) is 15.9 Å². The number of anilines is 2. The minimum absolute atomic E-state index is 0.0459. The Hall–Kier alpha value is -2.09. The lowest BCUT2D eigenvalue weighted by Crippen LogP contribution is -2.48. The Bertz CT molecular complexity index is 1070. The van der Waals surface area contributed by atoms with Gasteiger partial charge in [0.05, 0.1) is 15.6 Å². The first kappa shape index (κ1) is 21.2. The Morgan fingerprint density at radius 1 is 1.07 bits per heavy atom. The fourth-order valence-electron chi connectivity index (χ4n) is 4.34. The predicted molar refractivity (Wildman–Crippen MR) is 120 cm³/mol. The maximum atomic E-state index is 13.3. The van der Waals surface area contributed by atoms with Crippen LogP contribution in [0.25, 0.3) is 0 Å². The van der Waals surface area contributed by atoms with E-state index in [1.807, 2.05) is 38.1 Å². The lowest BCUT2D eigenvalue weighted by atomic mass is 10.1. The summed E-state index contributed by atoms with van der Waals surface area (Å²) in [5.41, 5.74) is 2.68. The second-order valence-corrected chi connectivity index (χ2v) is 10.1. The molecule has 1 saturated heterocycles. The zero-order valence-corrected chi connectivity index (χ0v) is 18.8. The van der Waals surface area contributed by atoms with Crippen LogP contribution in [0.15, 0.2) is 47.4 Å². The summed E-state index contributed by atoms with van der Waals surface area (Å²) >= 11 is 6.29. The summed E-state index contributed by atoms with van der Waals surface area (Å²) in [6.07, 6.45) is 1.10. The first-order chi connectivity index (χ1) is 14.3. The van der Waals surface area contributed by atoms with E-state index in [0.29, 0.717) is 48.9 Å². The van der Waals surface area contributed by atoms with Gasteiger partial charge in [0, 0.05) is 44.3 Å². The van der Waals surface area contributed by atoms with Crippen LogP contribution in [0, 0.1) is 0 Å². The van der Waals surface area contributed by atoms with Crippen LogP contribution in [0.4, 0.5) is 11.4 Å². The van der Waals surface area contributed by atoms with Gasteiger partial charge in [-0.15, -0.1) is 0 Å². The average molecular weight is 448 g/mol. The molecule has 1 atom stereocenters. The number of nitrogens with zero attached hydrogens (tertiary/aromatic N) is 3. The molecule has 6 nitrogen and oxygen atoms in total.